The number of alkyl halides is 1. The third kappa shape index (κ3) is 4.18. The Kier molecular flexibility index (Phi) is 5.65. The molecule has 1 N–H and O–H groups in total. The van der Waals surface area contributed by atoms with Gasteiger partial charge in [0.1, 0.15) is 5.75 Å². The van der Waals surface area contributed by atoms with E-state index in [0.717, 1.165) is 22.3 Å². The fourth-order valence-electron chi connectivity index (χ4n) is 1.23. The number of ether oxygens (including phenoxy) is 1. The summed E-state index contributed by atoms with van der Waals surface area (Å²) in [6.45, 7) is 1.14. The lowest BCUT2D eigenvalue weighted by Crippen LogP contribution is -2.15. The number of methoxy groups -OCH3 is 1. The fourth-order valence-corrected chi connectivity index (χ4v) is 1.62. The standard InChI is InChI=1S/C11H15BrFNO/c1-15-10-3-4-11(12)9(7-10)8-14-6-2-5-13/h3-4,7,14H,2,5-6,8H2,1H3. The van der Waals surface area contributed by atoms with Crippen LogP contribution in [-0.4, -0.2) is 20.3 Å². The van der Waals surface area contributed by atoms with Crippen LogP contribution in [0, 0.1) is 0 Å². The van der Waals surface area contributed by atoms with Crippen molar-refractivity contribution in [3.05, 3.63) is 28.2 Å². The van der Waals surface area contributed by atoms with Crippen LogP contribution in [0.1, 0.15) is 12.0 Å². The number of hydrogen-bond donors (Lipinski definition) is 1. The predicted molar refractivity (Wildman–Crippen MR) is 63.0 cm³/mol. The molecule has 0 unspecified atom stereocenters. The zero-order valence-electron chi connectivity index (χ0n) is 8.72. The van der Waals surface area contributed by atoms with Crippen LogP contribution in [0.15, 0.2) is 22.7 Å². The van der Waals surface area contributed by atoms with E-state index in [-0.39, 0.29) is 6.67 Å². The molecular weight excluding hydrogens is 261 g/mol. The van der Waals surface area contributed by atoms with E-state index in [0.29, 0.717) is 13.0 Å². The van der Waals surface area contributed by atoms with E-state index in [9.17, 15) is 4.39 Å². The van der Waals surface area contributed by atoms with Gasteiger partial charge in [-0.1, -0.05) is 15.9 Å². The molecule has 2 nitrogen and oxygen atoms in total. The van der Waals surface area contributed by atoms with Crippen molar-refractivity contribution >= 4 is 15.9 Å². The van der Waals surface area contributed by atoms with E-state index in [2.05, 4.69) is 21.2 Å². The minimum absolute atomic E-state index is 0.272. The molecule has 0 aliphatic rings. The Labute approximate surface area is 98.0 Å². The van der Waals surface area contributed by atoms with Gasteiger partial charge in [0.05, 0.1) is 13.8 Å². The summed E-state index contributed by atoms with van der Waals surface area (Å²) in [4.78, 5) is 0. The van der Waals surface area contributed by atoms with Crippen molar-refractivity contribution < 1.29 is 9.13 Å². The number of nitrogens with one attached hydrogen (secondary N) is 1. The van der Waals surface area contributed by atoms with Crippen LogP contribution >= 0.6 is 15.9 Å². The predicted octanol–water partition coefficient (Wildman–Crippen LogP) is 2.91. The maximum absolute atomic E-state index is 11.8. The van der Waals surface area contributed by atoms with E-state index in [1.54, 1.807) is 7.11 Å². The van der Waals surface area contributed by atoms with Crippen molar-refractivity contribution in [3.63, 3.8) is 0 Å². The molecule has 0 spiro atoms. The van der Waals surface area contributed by atoms with Crippen LogP contribution in [-0.2, 0) is 6.54 Å². The van der Waals surface area contributed by atoms with Crippen molar-refractivity contribution in [1.82, 2.24) is 5.32 Å². The third-order valence-corrected chi connectivity index (χ3v) is 2.83. The molecule has 0 aliphatic heterocycles. The second-order valence-electron chi connectivity index (χ2n) is 3.18. The van der Waals surface area contributed by atoms with Gasteiger partial charge in [0.15, 0.2) is 0 Å². The first kappa shape index (κ1) is 12.5. The van der Waals surface area contributed by atoms with Crippen LogP contribution in [0.2, 0.25) is 0 Å². The lowest BCUT2D eigenvalue weighted by Gasteiger charge is -2.08. The summed E-state index contributed by atoms with van der Waals surface area (Å²) in [5.74, 6) is 0.834. The summed E-state index contributed by atoms with van der Waals surface area (Å²) in [5, 5.41) is 3.17. The van der Waals surface area contributed by atoms with Gasteiger partial charge in [-0.25, -0.2) is 0 Å². The molecule has 4 heteroatoms. The summed E-state index contributed by atoms with van der Waals surface area (Å²) in [6.07, 6.45) is 0.557. The van der Waals surface area contributed by atoms with E-state index in [4.69, 9.17) is 4.74 Å². The number of rotatable bonds is 6. The zero-order valence-corrected chi connectivity index (χ0v) is 10.3. The van der Waals surface area contributed by atoms with Gasteiger partial charge < -0.3 is 10.1 Å². The fraction of sp³-hybridized carbons (Fsp3) is 0.455. The van der Waals surface area contributed by atoms with Crippen LogP contribution in [0.3, 0.4) is 0 Å². The highest BCUT2D eigenvalue weighted by molar-refractivity contribution is 9.10. The zero-order chi connectivity index (χ0) is 11.1. The molecule has 0 amide bonds. The molecule has 1 aromatic rings. The highest BCUT2D eigenvalue weighted by atomic mass is 79.9. The van der Waals surface area contributed by atoms with Crippen molar-refractivity contribution in [2.75, 3.05) is 20.3 Å². The maximum Gasteiger partial charge on any atom is 0.119 e. The number of benzene rings is 1. The van der Waals surface area contributed by atoms with Gasteiger partial charge in [-0.05, 0) is 36.7 Å². The van der Waals surface area contributed by atoms with Crippen molar-refractivity contribution in [2.45, 2.75) is 13.0 Å². The molecule has 0 radical (unpaired) electrons. The van der Waals surface area contributed by atoms with Gasteiger partial charge in [-0.3, -0.25) is 4.39 Å². The van der Waals surface area contributed by atoms with E-state index >= 15 is 0 Å². The van der Waals surface area contributed by atoms with Crippen LogP contribution in [0.5, 0.6) is 5.75 Å². The number of halogens is 2. The van der Waals surface area contributed by atoms with Gasteiger partial charge >= 0.3 is 0 Å². The van der Waals surface area contributed by atoms with Crippen LogP contribution < -0.4 is 10.1 Å². The smallest absolute Gasteiger partial charge is 0.119 e. The molecule has 1 aromatic carbocycles. The molecule has 0 saturated carbocycles. The first-order valence-corrected chi connectivity index (χ1v) is 5.66. The molecule has 84 valence electrons. The largest absolute Gasteiger partial charge is 0.497 e. The monoisotopic (exact) mass is 275 g/mol. The Morgan fingerprint density at radius 3 is 2.93 bits per heavy atom. The molecule has 15 heavy (non-hydrogen) atoms. The summed E-state index contributed by atoms with van der Waals surface area (Å²) in [5.41, 5.74) is 1.12. The molecule has 0 aliphatic carbocycles. The second-order valence-corrected chi connectivity index (χ2v) is 4.03. The number of hydrogen-bond acceptors (Lipinski definition) is 2. The molecule has 0 saturated heterocycles. The second kappa shape index (κ2) is 6.80. The van der Waals surface area contributed by atoms with Crippen LogP contribution in [0.4, 0.5) is 4.39 Å². The first-order chi connectivity index (χ1) is 7.27. The lowest BCUT2D eigenvalue weighted by atomic mass is 10.2. The normalized spacial score (nSPS) is 10.3. The SMILES string of the molecule is COc1ccc(Br)c(CNCCCF)c1. The summed E-state index contributed by atoms with van der Waals surface area (Å²) < 4.78 is 18.0. The Morgan fingerprint density at radius 1 is 1.47 bits per heavy atom. The third-order valence-electron chi connectivity index (χ3n) is 2.06. The molecule has 0 aromatic heterocycles. The van der Waals surface area contributed by atoms with E-state index < -0.39 is 0 Å². The topological polar surface area (TPSA) is 21.3 Å². The minimum atomic E-state index is -0.272. The van der Waals surface area contributed by atoms with Gasteiger partial charge in [0.25, 0.3) is 0 Å². The summed E-state index contributed by atoms with van der Waals surface area (Å²) in [6, 6.07) is 5.81. The van der Waals surface area contributed by atoms with E-state index in [1.807, 2.05) is 18.2 Å². The van der Waals surface area contributed by atoms with E-state index in [1.165, 1.54) is 0 Å². The Balaban J connectivity index is 2.51. The maximum atomic E-state index is 11.8. The van der Waals surface area contributed by atoms with Crippen LogP contribution in [0.25, 0.3) is 0 Å². The lowest BCUT2D eigenvalue weighted by molar-refractivity contribution is 0.413. The Morgan fingerprint density at radius 2 is 2.27 bits per heavy atom. The summed E-state index contributed by atoms with van der Waals surface area (Å²) >= 11 is 3.46. The summed E-state index contributed by atoms with van der Waals surface area (Å²) in [7, 11) is 1.64. The quantitative estimate of drug-likeness (QED) is 0.807. The molecular formula is C11H15BrFNO. The molecule has 1 rings (SSSR count). The Bertz CT molecular complexity index is 307. The van der Waals surface area contributed by atoms with Crippen molar-refractivity contribution in [1.29, 1.82) is 0 Å². The van der Waals surface area contributed by atoms with Gasteiger partial charge in [0, 0.05) is 11.0 Å². The molecule has 0 bridgehead atoms. The highest BCUT2D eigenvalue weighted by Gasteiger charge is 2.01. The first-order valence-electron chi connectivity index (χ1n) is 4.87. The van der Waals surface area contributed by atoms with Crippen molar-refractivity contribution in [3.8, 4) is 5.75 Å². The average Bonchev–Trinajstić information content (AvgIpc) is 2.26. The van der Waals surface area contributed by atoms with Gasteiger partial charge in [-0.2, -0.15) is 0 Å². The van der Waals surface area contributed by atoms with Gasteiger partial charge in [-0.15, -0.1) is 0 Å². The minimum Gasteiger partial charge on any atom is -0.497 e. The van der Waals surface area contributed by atoms with Crippen molar-refractivity contribution in [2.24, 2.45) is 0 Å². The molecule has 0 heterocycles. The molecule has 0 atom stereocenters. The molecule has 0 fully saturated rings. The highest BCUT2D eigenvalue weighted by Crippen LogP contribution is 2.22. The Hall–Kier alpha value is -0.610. The average molecular weight is 276 g/mol. The van der Waals surface area contributed by atoms with Gasteiger partial charge in [0.2, 0.25) is 0 Å².